The van der Waals surface area contributed by atoms with E-state index in [0.29, 0.717) is 17.6 Å². The molecule has 0 heterocycles. The number of rotatable bonds is 2. The Labute approximate surface area is 125 Å². The lowest BCUT2D eigenvalue weighted by Crippen LogP contribution is -2.18. The molecule has 4 rings (SSSR count). The number of hydrogen-bond donors (Lipinski definition) is 0. The van der Waals surface area contributed by atoms with E-state index in [-0.39, 0.29) is 11.8 Å². The first kappa shape index (κ1) is 12.9. The summed E-state index contributed by atoms with van der Waals surface area (Å²) in [6.45, 7) is 4.00. The number of carbonyl (C=O) groups is 1. The highest BCUT2D eigenvalue weighted by Gasteiger charge is 2.55. The van der Waals surface area contributed by atoms with Crippen LogP contribution in [0.3, 0.4) is 0 Å². The molecule has 0 amide bonds. The van der Waals surface area contributed by atoms with Crippen LogP contribution in [0.25, 0.3) is 0 Å². The van der Waals surface area contributed by atoms with Gasteiger partial charge in [-0.1, -0.05) is 30.4 Å². The Kier molecular flexibility index (Phi) is 2.81. The zero-order valence-electron chi connectivity index (χ0n) is 12.3. The van der Waals surface area contributed by atoms with Crippen molar-refractivity contribution in [2.75, 3.05) is 7.11 Å². The van der Waals surface area contributed by atoms with E-state index in [0.717, 1.165) is 24.2 Å². The molecule has 3 aliphatic rings. The third-order valence-corrected chi connectivity index (χ3v) is 5.59. The van der Waals surface area contributed by atoms with Gasteiger partial charge in [-0.25, -0.2) is 0 Å². The van der Waals surface area contributed by atoms with Crippen molar-refractivity contribution in [2.24, 2.45) is 17.8 Å². The van der Waals surface area contributed by atoms with Crippen molar-refractivity contribution in [3.8, 4) is 5.75 Å². The zero-order chi connectivity index (χ0) is 14.6. The lowest BCUT2D eigenvalue weighted by Gasteiger charge is -2.19. The fraction of sp³-hybridized carbons (Fsp3) is 0.421. The van der Waals surface area contributed by atoms with Crippen LogP contribution in [0.15, 0.2) is 48.1 Å². The van der Waals surface area contributed by atoms with Gasteiger partial charge in [0.2, 0.25) is 0 Å². The molecular formula is C19H20O2. The molecule has 3 aliphatic carbocycles. The highest BCUT2D eigenvalue weighted by Crippen LogP contribution is 2.60. The average molecular weight is 280 g/mol. The highest BCUT2D eigenvalue weighted by molar-refractivity contribution is 6.00. The van der Waals surface area contributed by atoms with Crippen LogP contribution in [0.5, 0.6) is 5.75 Å². The Morgan fingerprint density at radius 2 is 2.00 bits per heavy atom. The minimum absolute atomic E-state index is 0.127. The van der Waals surface area contributed by atoms with Crippen molar-refractivity contribution >= 4 is 5.78 Å². The molecule has 2 heteroatoms. The van der Waals surface area contributed by atoms with Gasteiger partial charge in [0.1, 0.15) is 5.75 Å². The molecule has 0 radical (unpaired) electrons. The van der Waals surface area contributed by atoms with E-state index < -0.39 is 0 Å². The molecule has 2 saturated carbocycles. The quantitative estimate of drug-likeness (QED) is 0.607. The van der Waals surface area contributed by atoms with Crippen LogP contribution in [-0.2, 0) is 4.79 Å². The first-order valence-corrected chi connectivity index (χ1v) is 7.76. The Morgan fingerprint density at radius 3 is 2.71 bits per heavy atom. The van der Waals surface area contributed by atoms with Crippen molar-refractivity contribution in [3.63, 3.8) is 0 Å². The second-order valence-electron chi connectivity index (χ2n) is 6.50. The van der Waals surface area contributed by atoms with E-state index in [4.69, 9.17) is 4.74 Å². The maximum Gasteiger partial charge on any atom is 0.162 e. The molecule has 108 valence electrons. The van der Waals surface area contributed by atoms with Gasteiger partial charge in [0, 0.05) is 11.8 Å². The summed E-state index contributed by atoms with van der Waals surface area (Å²) in [6.07, 6.45) is 5.66. The van der Waals surface area contributed by atoms with Gasteiger partial charge in [-0.2, -0.15) is 0 Å². The monoisotopic (exact) mass is 280 g/mol. The van der Waals surface area contributed by atoms with Crippen molar-refractivity contribution < 1.29 is 9.53 Å². The number of Topliss-reactive ketones (excluding diaryl/α,β-unsaturated/α-hetero) is 1. The van der Waals surface area contributed by atoms with Gasteiger partial charge in [-0.05, 0) is 54.4 Å². The highest BCUT2D eigenvalue weighted by atomic mass is 16.5. The standard InChI is InChI=1S/C19H20O2/c1-11-10-16-14-4-3-5-15(14)17(18(16)19(11)20)12-6-8-13(21-2)9-7-12/h5-9,14,16-18H,1,3-4,10H2,2H3. The number of methoxy groups -OCH3 is 1. The summed E-state index contributed by atoms with van der Waals surface area (Å²) in [4.78, 5) is 12.6. The second kappa shape index (κ2) is 4.59. The third kappa shape index (κ3) is 1.75. The predicted molar refractivity (Wildman–Crippen MR) is 82.3 cm³/mol. The lowest BCUT2D eigenvalue weighted by molar-refractivity contribution is -0.118. The second-order valence-corrected chi connectivity index (χ2v) is 6.50. The smallest absolute Gasteiger partial charge is 0.162 e. The molecular weight excluding hydrogens is 260 g/mol. The van der Waals surface area contributed by atoms with E-state index in [1.54, 1.807) is 7.11 Å². The maximum absolute atomic E-state index is 12.6. The molecule has 0 aliphatic heterocycles. The van der Waals surface area contributed by atoms with Gasteiger partial charge < -0.3 is 4.74 Å². The van der Waals surface area contributed by atoms with Crippen molar-refractivity contribution in [2.45, 2.75) is 25.2 Å². The van der Waals surface area contributed by atoms with Crippen LogP contribution in [0, 0.1) is 17.8 Å². The number of allylic oxidation sites excluding steroid dienone is 3. The predicted octanol–water partition coefficient (Wildman–Crippen LogP) is 3.89. The third-order valence-electron chi connectivity index (χ3n) is 5.59. The Balaban J connectivity index is 1.77. The van der Waals surface area contributed by atoms with E-state index >= 15 is 0 Å². The summed E-state index contributed by atoms with van der Waals surface area (Å²) in [6, 6.07) is 8.25. The number of carbonyl (C=O) groups excluding carboxylic acids is 1. The largest absolute Gasteiger partial charge is 0.497 e. The van der Waals surface area contributed by atoms with Crippen LogP contribution in [-0.4, -0.2) is 12.9 Å². The van der Waals surface area contributed by atoms with Crippen LogP contribution in [0.1, 0.15) is 30.7 Å². The lowest BCUT2D eigenvalue weighted by atomic mass is 9.83. The van der Waals surface area contributed by atoms with Gasteiger partial charge in [-0.15, -0.1) is 0 Å². The van der Waals surface area contributed by atoms with Gasteiger partial charge in [0.15, 0.2) is 5.78 Å². The van der Waals surface area contributed by atoms with Gasteiger partial charge in [0.25, 0.3) is 0 Å². The van der Waals surface area contributed by atoms with Gasteiger partial charge >= 0.3 is 0 Å². The van der Waals surface area contributed by atoms with E-state index in [1.165, 1.54) is 17.6 Å². The van der Waals surface area contributed by atoms with E-state index in [2.05, 4.69) is 24.8 Å². The molecule has 0 saturated heterocycles. The fourth-order valence-electron chi connectivity index (χ4n) is 4.72. The molecule has 4 unspecified atom stereocenters. The summed E-state index contributed by atoms with van der Waals surface area (Å²) in [5.41, 5.74) is 3.61. The SMILES string of the molecule is C=C1CC2C3CCC=C3C(c3ccc(OC)cc3)C2C1=O. The first-order valence-electron chi connectivity index (χ1n) is 7.76. The number of ketones is 1. The maximum atomic E-state index is 12.6. The molecule has 0 bridgehead atoms. The summed E-state index contributed by atoms with van der Waals surface area (Å²) in [7, 11) is 1.68. The summed E-state index contributed by atoms with van der Waals surface area (Å²) < 4.78 is 5.25. The summed E-state index contributed by atoms with van der Waals surface area (Å²) in [5, 5.41) is 0. The van der Waals surface area contributed by atoms with Gasteiger partial charge in [0.05, 0.1) is 7.11 Å². The minimum Gasteiger partial charge on any atom is -0.497 e. The molecule has 0 N–H and O–H groups in total. The van der Waals surface area contributed by atoms with Crippen LogP contribution >= 0.6 is 0 Å². The van der Waals surface area contributed by atoms with E-state index in [9.17, 15) is 4.79 Å². The Hall–Kier alpha value is -1.83. The van der Waals surface area contributed by atoms with Crippen LogP contribution in [0.4, 0.5) is 0 Å². The van der Waals surface area contributed by atoms with Crippen molar-refractivity contribution in [1.29, 1.82) is 0 Å². The van der Waals surface area contributed by atoms with Crippen molar-refractivity contribution in [3.05, 3.63) is 53.6 Å². The number of ether oxygens (including phenoxy) is 1. The summed E-state index contributed by atoms with van der Waals surface area (Å²) >= 11 is 0. The molecule has 2 fully saturated rings. The molecule has 21 heavy (non-hydrogen) atoms. The fourth-order valence-corrected chi connectivity index (χ4v) is 4.72. The molecule has 0 aromatic heterocycles. The first-order chi connectivity index (χ1) is 10.2. The number of benzene rings is 1. The molecule has 0 spiro atoms. The normalized spacial score (nSPS) is 33.9. The summed E-state index contributed by atoms with van der Waals surface area (Å²) in [5.74, 6) is 2.65. The van der Waals surface area contributed by atoms with Crippen LogP contribution < -0.4 is 4.74 Å². The Morgan fingerprint density at radius 1 is 1.24 bits per heavy atom. The van der Waals surface area contributed by atoms with Crippen LogP contribution in [0.2, 0.25) is 0 Å². The molecule has 1 aromatic carbocycles. The molecule has 1 aromatic rings. The minimum atomic E-state index is 0.127. The zero-order valence-corrected chi connectivity index (χ0v) is 12.3. The van der Waals surface area contributed by atoms with Crippen molar-refractivity contribution in [1.82, 2.24) is 0 Å². The average Bonchev–Trinajstić information content (AvgIpc) is 3.15. The van der Waals surface area contributed by atoms with Gasteiger partial charge in [-0.3, -0.25) is 4.79 Å². The molecule has 2 nitrogen and oxygen atoms in total. The number of hydrogen-bond acceptors (Lipinski definition) is 2. The topological polar surface area (TPSA) is 26.3 Å². The van der Waals surface area contributed by atoms with E-state index in [1.807, 2.05) is 12.1 Å². The number of fused-ring (bicyclic) bond motifs is 3. The molecule has 4 atom stereocenters. The Bertz CT molecular complexity index is 638.